The number of benzene rings is 1. The van der Waals surface area contributed by atoms with Crippen LogP contribution in [0.1, 0.15) is 36.8 Å². The molecule has 4 N–H and O–H groups in total. The molecule has 0 bridgehead atoms. The zero-order chi connectivity index (χ0) is 19.9. The van der Waals surface area contributed by atoms with Crippen LogP contribution in [0, 0.1) is 6.92 Å². The third kappa shape index (κ3) is 5.94. The van der Waals surface area contributed by atoms with Crippen molar-refractivity contribution in [1.82, 2.24) is 10.6 Å². The third-order valence-corrected chi connectivity index (χ3v) is 5.89. The number of carbonyl (C=O) groups excluding carboxylic acids is 2. The summed E-state index contributed by atoms with van der Waals surface area (Å²) in [5.41, 5.74) is 2.48. The average molecular weight is 391 g/mol. The van der Waals surface area contributed by atoms with Gasteiger partial charge in [0, 0.05) is 11.6 Å². The van der Waals surface area contributed by atoms with E-state index in [-0.39, 0.29) is 18.0 Å². The number of quaternary nitrogens is 2. The lowest BCUT2D eigenvalue weighted by Gasteiger charge is -2.29. The Morgan fingerprint density at radius 1 is 1.11 bits per heavy atom. The van der Waals surface area contributed by atoms with Gasteiger partial charge in [0.15, 0.2) is 6.54 Å². The number of imide groups is 1. The van der Waals surface area contributed by atoms with E-state index in [0.29, 0.717) is 6.54 Å². The maximum Gasteiger partial charge on any atom is 0.321 e. The molecule has 7 nitrogen and oxygen atoms in total. The Labute approximate surface area is 167 Å². The first kappa shape index (κ1) is 20.6. The third-order valence-electron chi connectivity index (χ3n) is 5.89. The number of hydrogen-bond acceptors (Lipinski definition) is 3. The number of carbonyl (C=O) groups is 2. The van der Waals surface area contributed by atoms with Gasteiger partial charge in [-0.05, 0) is 31.9 Å². The molecule has 28 heavy (non-hydrogen) atoms. The van der Waals surface area contributed by atoms with E-state index in [1.165, 1.54) is 20.9 Å². The lowest BCUT2D eigenvalue weighted by molar-refractivity contribution is -1.02. The van der Waals surface area contributed by atoms with Crippen molar-refractivity contribution in [1.29, 1.82) is 0 Å². The molecule has 0 aromatic heterocycles. The van der Waals surface area contributed by atoms with Crippen molar-refractivity contribution >= 4 is 11.9 Å². The van der Waals surface area contributed by atoms with Crippen LogP contribution in [0.4, 0.5) is 4.79 Å². The summed E-state index contributed by atoms with van der Waals surface area (Å²) in [5.74, 6) is 0.759. The number of nitrogens with one attached hydrogen (secondary N) is 4. The van der Waals surface area contributed by atoms with Crippen molar-refractivity contribution in [3.05, 3.63) is 29.3 Å². The number of amides is 3. The topological polar surface area (TPSA) is 76.3 Å². The number of aryl methyl sites for hydroxylation is 1. The monoisotopic (exact) mass is 390 g/mol. The van der Waals surface area contributed by atoms with Gasteiger partial charge in [0.2, 0.25) is 0 Å². The zero-order valence-corrected chi connectivity index (χ0v) is 17.1. The van der Waals surface area contributed by atoms with Crippen LogP contribution in [0.3, 0.4) is 0 Å². The Hall–Kier alpha value is -2.12. The molecule has 1 aliphatic heterocycles. The summed E-state index contributed by atoms with van der Waals surface area (Å²) < 4.78 is 5.49. The van der Waals surface area contributed by atoms with Crippen LogP contribution in [-0.4, -0.2) is 57.8 Å². The summed E-state index contributed by atoms with van der Waals surface area (Å²) in [7, 11) is 1.72. The summed E-state index contributed by atoms with van der Waals surface area (Å²) in [6.45, 7) is 7.28. The van der Waals surface area contributed by atoms with E-state index in [4.69, 9.17) is 4.74 Å². The van der Waals surface area contributed by atoms with Gasteiger partial charge in [0.1, 0.15) is 38.5 Å². The second-order valence-electron chi connectivity index (χ2n) is 8.17. The highest BCUT2D eigenvalue weighted by Gasteiger charge is 2.26. The molecular weight excluding hydrogens is 356 g/mol. The number of rotatable bonds is 6. The van der Waals surface area contributed by atoms with E-state index < -0.39 is 0 Å². The summed E-state index contributed by atoms with van der Waals surface area (Å²) in [4.78, 5) is 26.8. The molecule has 1 saturated carbocycles. The summed E-state index contributed by atoms with van der Waals surface area (Å²) in [5, 5.41) is 5.39. The summed E-state index contributed by atoms with van der Waals surface area (Å²) >= 11 is 0. The van der Waals surface area contributed by atoms with E-state index in [1.54, 1.807) is 7.11 Å². The molecule has 2 fully saturated rings. The van der Waals surface area contributed by atoms with Gasteiger partial charge >= 0.3 is 6.03 Å². The van der Waals surface area contributed by atoms with E-state index >= 15 is 0 Å². The van der Waals surface area contributed by atoms with Crippen molar-refractivity contribution in [2.24, 2.45) is 0 Å². The number of urea groups is 1. The average Bonchev–Trinajstić information content (AvgIpc) is 3.16. The van der Waals surface area contributed by atoms with Crippen molar-refractivity contribution in [2.75, 3.05) is 39.8 Å². The maximum absolute atomic E-state index is 12.2. The first-order valence-electron chi connectivity index (χ1n) is 10.4. The Balaban J connectivity index is 1.39. The smallest absolute Gasteiger partial charge is 0.321 e. The van der Waals surface area contributed by atoms with Gasteiger partial charge in [-0.2, -0.15) is 0 Å². The predicted octanol–water partition coefficient (Wildman–Crippen LogP) is -0.945. The fourth-order valence-electron chi connectivity index (χ4n) is 4.32. The van der Waals surface area contributed by atoms with Crippen LogP contribution in [0.15, 0.2) is 18.2 Å². The van der Waals surface area contributed by atoms with Crippen molar-refractivity contribution in [2.45, 2.75) is 45.2 Å². The maximum atomic E-state index is 12.2. The van der Waals surface area contributed by atoms with Gasteiger partial charge in [0.25, 0.3) is 5.91 Å². The lowest BCUT2D eigenvalue weighted by atomic mass is 10.1. The number of piperazine rings is 1. The minimum Gasteiger partial charge on any atom is -0.496 e. The van der Waals surface area contributed by atoms with Gasteiger partial charge in [-0.1, -0.05) is 24.5 Å². The molecule has 3 rings (SSSR count). The van der Waals surface area contributed by atoms with Crippen LogP contribution in [-0.2, 0) is 11.3 Å². The SMILES string of the molecule is COc1ccc(C)cc1C[NH+]1CC[NH+](CC(=O)NC(=O)NC2CCCC2)CC1. The van der Waals surface area contributed by atoms with Crippen molar-refractivity contribution in [3.8, 4) is 5.75 Å². The quantitative estimate of drug-likeness (QED) is 0.506. The molecule has 0 atom stereocenters. The van der Waals surface area contributed by atoms with Crippen molar-refractivity contribution in [3.63, 3.8) is 0 Å². The van der Waals surface area contributed by atoms with Crippen LogP contribution in [0.2, 0.25) is 0 Å². The molecule has 1 aromatic carbocycles. The van der Waals surface area contributed by atoms with Gasteiger partial charge in [-0.3, -0.25) is 10.1 Å². The van der Waals surface area contributed by atoms with E-state index in [9.17, 15) is 9.59 Å². The number of ether oxygens (including phenoxy) is 1. The van der Waals surface area contributed by atoms with Crippen LogP contribution >= 0.6 is 0 Å². The Morgan fingerprint density at radius 2 is 1.79 bits per heavy atom. The molecule has 0 unspecified atom stereocenters. The van der Waals surface area contributed by atoms with Crippen molar-refractivity contribution < 1.29 is 24.1 Å². The van der Waals surface area contributed by atoms with Crippen LogP contribution in [0.25, 0.3) is 0 Å². The predicted molar refractivity (Wildman–Crippen MR) is 107 cm³/mol. The second kappa shape index (κ2) is 9.89. The van der Waals surface area contributed by atoms with Gasteiger partial charge in [-0.15, -0.1) is 0 Å². The molecule has 1 aliphatic carbocycles. The highest BCUT2D eigenvalue weighted by molar-refractivity contribution is 5.94. The Morgan fingerprint density at radius 3 is 2.46 bits per heavy atom. The number of methoxy groups -OCH3 is 1. The van der Waals surface area contributed by atoms with E-state index in [0.717, 1.165) is 64.2 Å². The molecule has 0 spiro atoms. The molecule has 1 heterocycles. The lowest BCUT2D eigenvalue weighted by Crippen LogP contribution is -3.28. The molecule has 3 amide bonds. The molecule has 1 saturated heterocycles. The first-order valence-corrected chi connectivity index (χ1v) is 10.4. The Bertz CT molecular complexity index is 680. The molecule has 154 valence electrons. The first-order chi connectivity index (χ1) is 13.5. The highest BCUT2D eigenvalue weighted by Crippen LogP contribution is 2.18. The summed E-state index contributed by atoms with van der Waals surface area (Å²) in [6, 6.07) is 6.19. The highest BCUT2D eigenvalue weighted by atomic mass is 16.5. The van der Waals surface area contributed by atoms with Crippen LogP contribution in [0.5, 0.6) is 5.75 Å². The second-order valence-corrected chi connectivity index (χ2v) is 8.17. The fourth-order valence-corrected chi connectivity index (χ4v) is 4.32. The molecule has 0 radical (unpaired) electrons. The van der Waals surface area contributed by atoms with Gasteiger partial charge in [-0.25, -0.2) is 4.79 Å². The van der Waals surface area contributed by atoms with Crippen LogP contribution < -0.4 is 25.2 Å². The largest absolute Gasteiger partial charge is 0.496 e. The standard InChI is InChI=1S/C21H32N4O3/c1-16-7-8-19(28-2)17(13-16)14-24-9-11-25(12-10-24)15-20(26)23-21(27)22-18-5-3-4-6-18/h7-8,13,18H,3-6,9-12,14-15H2,1-2H3,(H2,22,23,26,27)/p+2. The van der Waals surface area contributed by atoms with Gasteiger partial charge in [0.05, 0.1) is 7.11 Å². The minimum absolute atomic E-state index is 0.186. The molecular formula is C21H34N4O3+2. The summed E-state index contributed by atoms with van der Waals surface area (Å²) in [6.07, 6.45) is 4.35. The van der Waals surface area contributed by atoms with E-state index in [2.05, 4.69) is 29.7 Å². The number of hydrogen-bond donors (Lipinski definition) is 4. The molecule has 1 aromatic rings. The zero-order valence-electron chi connectivity index (χ0n) is 17.1. The fraction of sp³-hybridized carbons (Fsp3) is 0.619. The van der Waals surface area contributed by atoms with E-state index in [1.807, 2.05) is 6.07 Å². The normalized spacial score (nSPS) is 22.6. The molecule has 7 heteroatoms. The minimum atomic E-state index is -0.341. The Kier molecular flexibility index (Phi) is 7.28. The molecule has 2 aliphatic rings. The van der Waals surface area contributed by atoms with Gasteiger partial charge < -0.3 is 19.9 Å².